The molecule has 1 aromatic heterocycles. The van der Waals surface area contributed by atoms with Crippen LogP contribution in [0.4, 0.5) is 11.4 Å². The highest BCUT2D eigenvalue weighted by atomic mass is 32.1. The second kappa shape index (κ2) is 9.42. The fourth-order valence-corrected chi connectivity index (χ4v) is 8.67. The van der Waals surface area contributed by atoms with Crippen molar-refractivity contribution in [2.24, 2.45) is 0 Å². The van der Waals surface area contributed by atoms with E-state index in [-0.39, 0.29) is 0 Å². The Hall–Kier alpha value is -5.18. The van der Waals surface area contributed by atoms with Crippen LogP contribution in [0.25, 0.3) is 42.1 Å². The first-order valence-electron chi connectivity index (χ1n) is 14.8. The molecule has 8 aromatic rings. The lowest BCUT2D eigenvalue weighted by molar-refractivity contribution is 0.768. The van der Waals surface area contributed by atoms with Crippen molar-refractivity contribution in [3.63, 3.8) is 0 Å². The normalized spacial score (nSPS) is 13.3. The minimum absolute atomic E-state index is 0.408. The average Bonchev–Trinajstić information content (AvgIpc) is 3.61. The molecule has 0 radical (unpaired) electrons. The van der Waals surface area contributed by atoms with Gasteiger partial charge in [0.15, 0.2) is 0 Å². The smallest absolute Gasteiger partial charge is 0.0714 e. The Morgan fingerprint density at radius 2 is 1.02 bits per heavy atom. The van der Waals surface area contributed by atoms with Crippen LogP contribution in [0.5, 0.6) is 0 Å². The van der Waals surface area contributed by atoms with E-state index in [1.54, 1.807) is 0 Å². The molecule has 0 saturated carbocycles. The van der Waals surface area contributed by atoms with Gasteiger partial charge in [0, 0.05) is 26.7 Å². The molecule has 1 aliphatic carbocycles. The Morgan fingerprint density at radius 1 is 0.419 bits per heavy atom. The van der Waals surface area contributed by atoms with Crippen LogP contribution in [-0.2, 0) is 5.41 Å². The summed E-state index contributed by atoms with van der Waals surface area (Å²) >= 11 is 1.89. The number of thiophene rings is 1. The quantitative estimate of drug-likeness (QED) is 0.224. The van der Waals surface area contributed by atoms with E-state index in [9.17, 15) is 0 Å². The highest BCUT2D eigenvalue weighted by molar-refractivity contribution is 7.27. The third-order valence-corrected chi connectivity index (χ3v) is 10.4. The Bertz CT molecular complexity index is 2280. The van der Waals surface area contributed by atoms with Crippen molar-refractivity contribution in [1.29, 1.82) is 0 Å². The van der Waals surface area contributed by atoms with Gasteiger partial charge >= 0.3 is 0 Å². The molecule has 1 N–H and O–H groups in total. The van der Waals surface area contributed by atoms with Crippen LogP contribution in [0, 0.1) is 0 Å². The Morgan fingerprint density at radius 3 is 1.84 bits per heavy atom. The molecule has 9 rings (SSSR count). The summed E-state index contributed by atoms with van der Waals surface area (Å²) in [6.07, 6.45) is 0. The number of benzene rings is 7. The molecule has 7 aromatic carbocycles. The van der Waals surface area contributed by atoms with E-state index >= 15 is 0 Å². The second-order valence-electron chi connectivity index (χ2n) is 11.3. The molecule has 202 valence electrons. The SMILES string of the molecule is c1ccc(C2(c3ccccc3)c3ccccc3-c3c(Nc4cccc5c4sc4c6ccccc6ccc54)cccc32)cc1. The van der Waals surface area contributed by atoms with E-state index in [1.807, 2.05) is 11.3 Å². The van der Waals surface area contributed by atoms with Crippen molar-refractivity contribution in [3.8, 4) is 11.1 Å². The third-order valence-electron chi connectivity index (χ3n) is 9.14. The van der Waals surface area contributed by atoms with Gasteiger partial charge in [-0.25, -0.2) is 0 Å². The van der Waals surface area contributed by atoms with Gasteiger partial charge in [-0.1, -0.05) is 146 Å². The van der Waals surface area contributed by atoms with Crippen molar-refractivity contribution in [3.05, 3.63) is 180 Å². The molecule has 0 unspecified atom stereocenters. The van der Waals surface area contributed by atoms with Crippen LogP contribution in [-0.4, -0.2) is 0 Å². The summed E-state index contributed by atoms with van der Waals surface area (Å²) in [4.78, 5) is 0. The predicted octanol–water partition coefficient (Wildman–Crippen LogP) is 11.3. The molecule has 1 heterocycles. The van der Waals surface area contributed by atoms with E-state index in [0.717, 1.165) is 11.4 Å². The standard InChI is InChI=1S/C41H27NS/c1-3-14-28(15-4-1)41(29-16-5-2-6-17-29)34-21-10-9-19-33(34)38-35(41)22-12-23-36(38)42-37-24-11-20-31-32-26-25-27-13-7-8-18-30(27)39(32)43-40(31)37/h1-26,42H. The van der Waals surface area contributed by atoms with Gasteiger partial charge in [-0.2, -0.15) is 0 Å². The number of fused-ring (bicyclic) bond motifs is 8. The lowest BCUT2D eigenvalue weighted by atomic mass is 9.68. The maximum Gasteiger partial charge on any atom is 0.0714 e. The summed E-state index contributed by atoms with van der Waals surface area (Å²) < 4.78 is 2.63. The van der Waals surface area contributed by atoms with E-state index in [2.05, 4.69) is 163 Å². The van der Waals surface area contributed by atoms with Gasteiger partial charge in [0.1, 0.15) is 0 Å². The van der Waals surface area contributed by atoms with Crippen LogP contribution in [0.1, 0.15) is 22.3 Å². The summed E-state index contributed by atoms with van der Waals surface area (Å²) in [5.41, 5.74) is 9.62. The first kappa shape index (κ1) is 24.4. The summed E-state index contributed by atoms with van der Waals surface area (Å²) in [5, 5.41) is 9.16. The van der Waals surface area contributed by atoms with E-state index in [4.69, 9.17) is 0 Å². The number of hydrogen-bond donors (Lipinski definition) is 1. The molecule has 0 atom stereocenters. The van der Waals surface area contributed by atoms with Gasteiger partial charge in [-0.05, 0) is 50.7 Å². The first-order valence-corrected chi connectivity index (χ1v) is 15.6. The number of nitrogens with one attached hydrogen (secondary N) is 1. The Kier molecular flexibility index (Phi) is 5.35. The van der Waals surface area contributed by atoms with E-state index in [0.29, 0.717) is 0 Å². The lowest BCUT2D eigenvalue weighted by Crippen LogP contribution is -2.28. The van der Waals surface area contributed by atoms with Crippen molar-refractivity contribution in [2.75, 3.05) is 5.32 Å². The minimum atomic E-state index is -0.408. The molecular formula is C41H27NS. The monoisotopic (exact) mass is 565 g/mol. The van der Waals surface area contributed by atoms with Gasteiger partial charge < -0.3 is 5.32 Å². The van der Waals surface area contributed by atoms with Gasteiger partial charge in [0.2, 0.25) is 0 Å². The Balaban J connectivity index is 1.30. The van der Waals surface area contributed by atoms with Crippen molar-refractivity contribution in [1.82, 2.24) is 0 Å². The van der Waals surface area contributed by atoms with Gasteiger partial charge in [-0.15, -0.1) is 11.3 Å². The highest BCUT2D eigenvalue weighted by Crippen LogP contribution is 2.58. The van der Waals surface area contributed by atoms with Gasteiger partial charge in [0.05, 0.1) is 15.8 Å². The highest BCUT2D eigenvalue weighted by Gasteiger charge is 2.46. The third kappa shape index (κ3) is 3.45. The number of rotatable bonds is 4. The zero-order chi connectivity index (χ0) is 28.4. The number of anilines is 2. The molecule has 2 heteroatoms. The summed E-state index contributed by atoms with van der Waals surface area (Å²) in [6, 6.07) is 57.6. The summed E-state index contributed by atoms with van der Waals surface area (Å²) in [5.74, 6) is 0. The fourth-order valence-electron chi connectivity index (χ4n) is 7.37. The fraction of sp³-hybridized carbons (Fsp3) is 0.0244. The molecule has 0 aliphatic heterocycles. The second-order valence-corrected chi connectivity index (χ2v) is 12.3. The topological polar surface area (TPSA) is 12.0 Å². The maximum atomic E-state index is 3.95. The van der Waals surface area contributed by atoms with Crippen LogP contribution in [0.3, 0.4) is 0 Å². The van der Waals surface area contributed by atoms with E-state index < -0.39 is 5.41 Å². The summed E-state index contributed by atoms with van der Waals surface area (Å²) in [6.45, 7) is 0. The molecule has 1 nitrogen and oxygen atoms in total. The maximum absolute atomic E-state index is 3.95. The van der Waals surface area contributed by atoms with Gasteiger partial charge in [-0.3, -0.25) is 0 Å². The Labute approximate surface area is 254 Å². The molecule has 0 amide bonds. The minimum Gasteiger partial charge on any atom is -0.354 e. The number of hydrogen-bond acceptors (Lipinski definition) is 2. The molecule has 43 heavy (non-hydrogen) atoms. The molecule has 0 saturated heterocycles. The van der Waals surface area contributed by atoms with Crippen molar-refractivity contribution >= 4 is 53.7 Å². The molecular weight excluding hydrogens is 539 g/mol. The lowest BCUT2D eigenvalue weighted by Gasteiger charge is -2.33. The van der Waals surface area contributed by atoms with Crippen LogP contribution in [0.15, 0.2) is 158 Å². The zero-order valence-corrected chi connectivity index (χ0v) is 24.2. The zero-order valence-electron chi connectivity index (χ0n) is 23.4. The van der Waals surface area contributed by atoms with Crippen LogP contribution in [0.2, 0.25) is 0 Å². The molecule has 0 bridgehead atoms. The van der Waals surface area contributed by atoms with Crippen LogP contribution < -0.4 is 5.32 Å². The molecule has 0 fully saturated rings. The molecule has 0 spiro atoms. The van der Waals surface area contributed by atoms with Crippen LogP contribution >= 0.6 is 11.3 Å². The van der Waals surface area contributed by atoms with E-state index in [1.165, 1.54) is 64.3 Å². The average molecular weight is 566 g/mol. The first-order chi connectivity index (χ1) is 21.3. The summed E-state index contributed by atoms with van der Waals surface area (Å²) in [7, 11) is 0. The van der Waals surface area contributed by atoms with Crippen molar-refractivity contribution in [2.45, 2.75) is 5.41 Å². The largest absolute Gasteiger partial charge is 0.354 e. The molecule has 1 aliphatic rings. The predicted molar refractivity (Wildman–Crippen MR) is 184 cm³/mol. The van der Waals surface area contributed by atoms with Gasteiger partial charge in [0.25, 0.3) is 0 Å². The van der Waals surface area contributed by atoms with Crippen molar-refractivity contribution < 1.29 is 0 Å².